The van der Waals surface area contributed by atoms with Crippen LogP contribution in [-0.4, -0.2) is 23.9 Å². The average molecular weight is 343 g/mol. The zero-order valence-electron chi connectivity index (χ0n) is 11.6. The van der Waals surface area contributed by atoms with Crippen LogP contribution in [0.2, 0.25) is 0 Å². The predicted octanol–water partition coefficient (Wildman–Crippen LogP) is 2.53. The first-order valence-electron chi connectivity index (χ1n) is 6.31. The van der Waals surface area contributed by atoms with E-state index in [1.165, 1.54) is 11.0 Å². The number of aryl methyl sites for hydroxylation is 1. The minimum Gasteiger partial charge on any atom is -0.342 e. The number of rotatable bonds is 1. The van der Waals surface area contributed by atoms with Gasteiger partial charge in [-0.2, -0.15) is 0 Å². The van der Waals surface area contributed by atoms with Crippen LogP contribution in [0.5, 0.6) is 0 Å². The van der Waals surface area contributed by atoms with Crippen molar-refractivity contribution in [3.63, 3.8) is 0 Å². The van der Waals surface area contributed by atoms with Crippen molar-refractivity contribution in [2.24, 2.45) is 0 Å². The van der Waals surface area contributed by atoms with Gasteiger partial charge in [-0.1, -0.05) is 0 Å². The molecule has 0 atom stereocenters. The first kappa shape index (κ1) is 15.0. The van der Waals surface area contributed by atoms with E-state index >= 15 is 0 Å². The molecule has 0 aromatic heterocycles. The summed E-state index contributed by atoms with van der Waals surface area (Å²) in [6, 6.07) is 2.95. The van der Waals surface area contributed by atoms with E-state index in [1.807, 2.05) is 0 Å². The molecule has 1 aromatic carbocycles. The molecule has 0 saturated carbocycles. The SMILES string of the molecule is Cc1cc(F)c(Br)cc1N1CCC(=O)NC(C)(C)C1=O. The Hall–Kier alpha value is -1.43. The second kappa shape index (κ2) is 5.16. The lowest BCUT2D eigenvalue weighted by molar-refractivity contribution is -0.128. The Morgan fingerprint density at radius 1 is 1.35 bits per heavy atom. The molecule has 0 bridgehead atoms. The standard InChI is InChI=1S/C14H16BrFN2O2/c1-8-6-10(16)9(15)7-11(8)18-5-4-12(19)17-14(2,3)13(18)20/h6-7H,4-5H2,1-3H3,(H,17,19). The molecule has 1 saturated heterocycles. The molecule has 1 heterocycles. The van der Waals surface area contributed by atoms with Gasteiger partial charge in [0.05, 0.1) is 4.47 Å². The summed E-state index contributed by atoms with van der Waals surface area (Å²) in [5.41, 5.74) is 0.304. The van der Waals surface area contributed by atoms with Crippen molar-refractivity contribution >= 4 is 33.4 Å². The van der Waals surface area contributed by atoms with E-state index in [4.69, 9.17) is 0 Å². The van der Waals surface area contributed by atoms with Gasteiger partial charge >= 0.3 is 0 Å². The van der Waals surface area contributed by atoms with Crippen molar-refractivity contribution in [2.45, 2.75) is 32.7 Å². The third-order valence-electron chi connectivity index (χ3n) is 3.32. The Morgan fingerprint density at radius 3 is 2.65 bits per heavy atom. The summed E-state index contributed by atoms with van der Waals surface area (Å²) in [6.45, 7) is 5.36. The molecule has 20 heavy (non-hydrogen) atoms. The van der Waals surface area contributed by atoms with Crippen LogP contribution in [0.3, 0.4) is 0 Å². The van der Waals surface area contributed by atoms with Gasteiger partial charge < -0.3 is 10.2 Å². The Morgan fingerprint density at radius 2 is 2.00 bits per heavy atom. The molecule has 0 unspecified atom stereocenters. The molecule has 108 valence electrons. The van der Waals surface area contributed by atoms with E-state index < -0.39 is 5.54 Å². The third kappa shape index (κ3) is 2.70. The predicted molar refractivity (Wildman–Crippen MR) is 78.0 cm³/mol. The van der Waals surface area contributed by atoms with Gasteiger partial charge in [0.15, 0.2) is 0 Å². The molecule has 1 aliphatic rings. The molecule has 0 spiro atoms. The number of amides is 2. The van der Waals surface area contributed by atoms with Crippen LogP contribution in [0.25, 0.3) is 0 Å². The lowest BCUT2D eigenvalue weighted by Crippen LogP contribution is -2.53. The van der Waals surface area contributed by atoms with Gasteiger partial charge in [-0.15, -0.1) is 0 Å². The fourth-order valence-corrected chi connectivity index (χ4v) is 2.60. The van der Waals surface area contributed by atoms with Crippen molar-refractivity contribution in [3.8, 4) is 0 Å². The maximum Gasteiger partial charge on any atom is 0.252 e. The van der Waals surface area contributed by atoms with Crippen LogP contribution >= 0.6 is 15.9 Å². The molecule has 2 rings (SSSR count). The molecule has 0 aliphatic carbocycles. The fraction of sp³-hybridized carbons (Fsp3) is 0.429. The van der Waals surface area contributed by atoms with Crippen LogP contribution in [0.1, 0.15) is 25.8 Å². The topological polar surface area (TPSA) is 49.4 Å². The largest absolute Gasteiger partial charge is 0.342 e. The van der Waals surface area contributed by atoms with E-state index in [-0.39, 0.29) is 30.6 Å². The number of anilines is 1. The van der Waals surface area contributed by atoms with Gasteiger partial charge in [0, 0.05) is 18.7 Å². The Balaban J connectivity index is 2.48. The Kier molecular flexibility index (Phi) is 3.86. The van der Waals surface area contributed by atoms with Gasteiger partial charge in [0.25, 0.3) is 5.91 Å². The number of benzene rings is 1. The molecule has 6 heteroatoms. The summed E-state index contributed by atoms with van der Waals surface area (Å²) in [5, 5.41) is 2.70. The zero-order valence-corrected chi connectivity index (χ0v) is 13.2. The fourth-order valence-electron chi connectivity index (χ4n) is 2.27. The minimum atomic E-state index is -0.971. The Bertz CT molecular complexity index is 587. The highest BCUT2D eigenvalue weighted by molar-refractivity contribution is 9.10. The molecule has 4 nitrogen and oxygen atoms in total. The molecular weight excluding hydrogens is 327 g/mol. The van der Waals surface area contributed by atoms with Crippen LogP contribution in [0.4, 0.5) is 10.1 Å². The molecular formula is C14H16BrFN2O2. The van der Waals surface area contributed by atoms with Crippen molar-refractivity contribution in [3.05, 3.63) is 28.0 Å². The lowest BCUT2D eigenvalue weighted by atomic mass is 10.0. The highest BCUT2D eigenvalue weighted by atomic mass is 79.9. The smallest absolute Gasteiger partial charge is 0.252 e. The van der Waals surface area contributed by atoms with E-state index in [2.05, 4.69) is 21.2 Å². The van der Waals surface area contributed by atoms with Crippen molar-refractivity contribution in [1.29, 1.82) is 0 Å². The van der Waals surface area contributed by atoms with Gasteiger partial charge in [-0.25, -0.2) is 4.39 Å². The van der Waals surface area contributed by atoms with Crippen LogP contribution < -0.4 is 10.2 Å². The first-order valence-corrected chi connectivity index (χ1v) is 7.10. The zero-order chi connectivity index (χ0) is 15.1. The first-order chi connectivity index (χ1) is 9.22. The second-order valence-corrected chi connectivity index (χ2v) is 6.29. The van der Waals surface area contributed by atoms with Crippen LogP contribution in [0, 0.1) is 12.7 Å². The highest BCUT2D eigenvalue weighted by Crippen LogP contribution is 2.29. The maximum atomic E-state index is 13.5. The molecule has 1 aromatic rings. The van der Waals surface area contributed by atoms with Gasteiger partial charge in [-0.3, -0.25) is 9.59 Å². The molecule has 1 N–H and O–H groups in total. The third-order valence-corrected chi connectivity index (χ3v) is 3.93. The number of nitrogens with one attached hydrogen (secondary N) is 1. The number of hydrogen-bond donors (Lipinski definition) is 1. The van der Waals surface area contributed by atoms with E-state index in [0.29, 0.717) is 15.7 Å². The normalized spacial score (nSPS) is 18.8. The van der Waals surface area contributed by atoms with E-state index in [0.717, 1.165) is 0 Å². The number of nitrogens with zero attached hydrogens (tertiary/aromatic N) is 1. The number of hydrogen-bond acceptors (Lipinski definition) is 2. The van der Waals surface area contributed by atoms with E-state index in [1.54, 1.807) is 26.8 Å². The molecule has 1 aliphatic heterocycles. The monoisotopic (exact) mass is 342 g/mol. The summed E-state index contributed by atoms with van der Waals surface area (Å²) in [5.74, 6) is -0.739. The quantitative estimate of drug-likeness (QED) is 0.852. The summed E-state index contributed by atoms with van der Waals surface area (Å²) >= 11 is 3.13. The molecule has 1 fully saturated rings. The van der Waals surface area contributed by atoms with Crippen molar-refractivity contribution < 1.29 is 14.0 Å². The minimum absolute atomic E-state index is 0.162. The van der Waals surface area contributed by atoms with Gasteiger partial charge in [0.2, 0.25) is 5.91 Å². The average Bonchev–Trinajstić information content (AvgIpc) is 2.43. The summed E-state index contributed by atoms with van der Waals surface area (Å²) in [4.78, 5) is 25.8. The van der Waals surface area contributed by atoms with Crippen molar-refractivity contribution in [1.82, 2.24) is 5.32 Å². The Labute approximate surface area is 125 Å². The van der Waals surface area contributed by atoms with Crippen LogP contribution in [0.15, 0.2) is 16.6 Å². The highest BCUT2D eigenvalue weighted by Gasteiger charge is 2.37. The number of halogens is 2. The second-order valence-electron chi connectivity index (χ2n) is 5.43. The molecule has 0 radical (unpaired) electrons. The van der Waals surface area contributed by atoms with Gasteiger partial charge in [-0.05, 0) is 54.4 Å². The maximum absolute atomic E-state index is 13.5. The van der Waals surface area contributed by atoms with Gasteiger partial charge in [0.1, 0.15) is 11.4 Å². The summed E-state index contributed by atoms with van der Waals surface area (Å²) in [7, 11) is 0. The lowest BCUT2D eigenvalue weighted by Gasteiger charge is -2.30. The summed E-state index contributed by atoms with van der Waals surface area (Å²) < 4.78 is 13.8. The van der Waals surface area contributed by atoms with Crippen molar-refractivity contribution in [2.75, 3.05) is 11.4 Å². The summed E-state index contributed by atoms with van der Waals surface area (Å²) in [6.07, 6.45) is 0.226. The van der Waals surface area contributed by atoms with Crippen LogP contribution in [-0.2, 0) is 9.59 Å². The van der Waals surface area contributed by atoms with E-state index in [9.17, 15) is 14.0 Å². The molecule has 2 amide bonds. The number of carbonyl (C=O) groups excluding carboxylic acids is 2. The number of carbonyl (C=O) groups is 2.